The quantitative estimate of drug-likeness (QED) is 0.617. The Kier molecular flexibility index (Phi) is 4.45. The number of hydrogen-bond donors (Lipinski definition) is 1. The van der Waals surface area contributed by atoms with E-state index in [9.17, 15) is 0 Å². The van der Waals surface area contributed by atoms with Gasteiger partial charge in [-0.1, -0.05) is 25.5 Å². The van der Waals surface area contributed by atoms with Crippen LogP contribution < -0.4 is 5.73 Å². The van der Waals surface area contributed by atoms with E-state index in [1.165, 1.54) is 51.4 Å². The van der Waals surface area contributed by atoms with Crippen LogP contribution in [0.15, 0.2) is 12.2 Å². The molecule has 0 radical (unpaired) electrons. The summed E-state index contributed by atoms with van der Waals surface area (Å²) in [6.45, 7) is 2.39. The van der Waals surface area contributed by atoms with Gasteiger partial charge in [-0.05, 0) is 62.7 Å². The van der Waals surface area contributed by atoms with Gasteiger partial charge in [-0.15, -0.1) is 0 Å². The summed E-state index contributed by atoms with van der Waals surface area (Å²) in [4.78, 5) is 0. The molecule has 2 N–H and O–H groups in total. The van der Waals surface area contributed by atoms with Gasteiger partial charge in [0.25, 0.3) is 0 Å². The summed E-state index contributed by atoms with van der Waals surface area (Å²) < 4.78 is 0. The maximum atomic E-state index is 6.19. The fraction of sp³-hybridized carbons (Fsp3) is 0.867. The minimum Gasteiger partial charge on any atom is -0.328 e. The summed E-state index contributed by atoms with van der Waals surface area (Å²) in [7, 11) is 0. The van der Waals surface area contributed by atoms with E-state index < -0.39 is 0 Å². The molecule has 0 bridgehead atoms. The van der Waals surface area contributed by atoms with Gasteiger partial charge in [0, 0.05) is 6.04 Å². The lowest BCUT2D eigenvalue weighted by atomic mass is 9.93. The number of fused-ring (bicyclic) bond motifs is 1. The molecule has 2 aliphatic carbocycles. The molecule has 1 fully saturated rings. The summed E-state index contributed by atoms with van der Waals surface area (Å²) >= 11 is 0. The van der Waals surface area contributed by atoms with E-state index in [2.05, 4.69) is 19.1 Å². The highest BCUT2D eigenvalue weighted by Gasteiger charge is 2.36. The Morgan fingerprint density at radius 3 is 2.75 bits per heavy atom. The van der Waals surface area contributed by atoms with E-state index in [1.807, 2.05) is 0 Å². The smallest absolute Gasteiger partial charge is 0.00413 e. The van der Waals surface area contributed by atoms with Crippen LogP contribution in [-0.4, -0.2) is 6.04 Å². The fourth-order valence-corrected chi connectivity index (χ4v) is 3.19. The monoisotopic (exact) mass is 221 g/mol. The van der Waals surface area contributed by atoms with Crippen molar-refractivity contribution in [2.45, 2.75) is 64.3 Å². The first-order valence-electron chi connectivity index (χ1n) is 7.16. The predicted molar refractivity (Wildman–Crippen MR) is 70.2 cm³/mol. The van der Waals surface area contributed by atoms with Crippen molar-refractivity contribution in [3.63, 3.8) is 0 Å². The molecule has 4 unspecified atom stereocenters. The second kappa shape index (κ2) is 5.86. The van der Waals surface area contributed by atoms with Crippen LogP contribution >= 0.6 is 0 Å². The van der Waals surface area contributed by atoms with E-state index in [0.29, 0.717) is 6.04 Å². The molecule has 0 aliphatic heterocycles. The van der Waals surface area contributed by atoms with Crippen molar-refractivity contribution in [2.75, 3.05) is 0 Å². The molecule has 0 heterocycles. The molecule has 0 amide bonds. The first-order valence-corrected chi connectivity index (χ1v) is 7.16. The number of hydrogen-bond acceptors (Lipinski definition) is 1. The van der Waals surface area contributed by atoms with Crippen molar-refractivity contribution in [3.05, 3.63) is 12.2 Å². The highest BCUT2D eigenvalue weighted by molar-refractivity contribution is 4.95. The zero-order valence-electron chi connectivity index (χ0n) is 10.7. The molecule has 1 heteroatoms. The van der Waals surface area contributed by atoms with Crippen LogP contribution in [0.3, 0.4) is 0 Å². The summed E-state index contributed by atoms with van der Waals surface area (Å²) in [5.74, 6) is 2.87. The lowest BCUT2D eigenvalue weighted by Gasteiger charge is -2.17. The molecule has 0 saturated heterocycles. The van der Waals surface area contributed by atoms with Crippen molar-refractivity contribution >= 4 is 0 Å². The Hall–Kier alpha value is -0.300. The lowest BCUT2D eigenvalue weighted by Crippen LogP contribution is -2.22. The topological polar surface area (TPSA) is 26.0 Å². The van der Waals surface area contributed by atoms with Crippen LogP contribution in [0.5, 0.6) is 0 Å². The summed E-state index contributed by atoms with van der Waals surface area (Å²) in [5, 5.41) is 0. The number of allylic oxidation sites excluding steroid dienone is 2. The highest BCUT2D eigenvalue weighted by atomic mass is 14.6. The van der Waals surface area contributed by atoms with Crippen molar-refractivity contribution < 1.29 is 0 Å². The van der Waals surface area contributed by atoms with Gasteiger partial charge in [-0.2, -0.15) is 0 Å². The Labute approximate surface area is 100 Å². The summed E-state index contributed by atoms with van der Waals surface area (Å²) in [6.07, 6.45) is 15.4. The third kappa shape index (κ3) is 3.93. The zero-order chi connectivity index (χ0) is 11.4. The van der Waals surface area contributed by atoms with Gasteiger partial charge in [0.05, 0.1) is 0 Å². The lowest BCUT2D eigenvalue weighted by molar-refractivity contribution is 0.391. The second-order valence-electron chi connectivity index (χ2n) is 6.08. The van der Waals surface area contributed by atoms with Crippen molar-refractivity contribution in [3.8, 4) is 0 Å². The molecular weight excluding hydrogens is 194 g/mol. The van der Waals surface area contributed by atoms with Crippen molar-refractivity contribution in [1.82, 2.24) is 0 Å². The summed E-state index contributed by atoms with van der Waals surface area (Å²) in [5.41, 5.74) is 6.19. The Morgan fingerprint density at radius 2 is 1.88 bits per heavy atom. The average molecular weight is 221 g/mol. The van der Waals surface area contributed by atoms with Gasteiger partial charge in [-0.3, -0.25) is 0 Å². The first kappa shape index (κ1) is 12.2. The van der Waals surface area contributed by atoms with Crippen molar-refractivity contribution in [1.29, 1.82) is 0 Å². The van der Waals surface area contributed by atoms with Gasteiger partial charge >= 0.3 is 0 Å². The second-order valence-corrected chi connectivity index (χ2v) is 6.08. The molecule has 4 atom stereocenters. The SMILES string of the molecule is CC1CC(N)CCCC/C=C\CC2CC2C1. The van der Waals surface area contributed by atoms with Crippen LogP contribution in [-0.2, 0) is 0 Å². The normalized spacial score (nSPS) is 43.4. The van der Waals surface area contributed by atoms with Crippen LogP contribution in [0.25, 0.3) is 0 Å². The number of rotatable bonds is 0. The Morgan fingerprint density at radius 1 is 1.00 bits per heavy atom. The van der Waals surface area contributed by atoms with Gasteiger partial charge < -0.3 is 5.73 Å². The van der Waals surface area contributed by atoms with E-state index in [4.69, 9.17) is 5.73 Å². The molecule has 0 aromatic rings. The van der Waals surface area contributed by atoms with Crippen LogP contribution in [0.2, 0.25) is 0 Å². The van der Waals surface area contributed by atoms with Gasteiger partial charge in [-0.25, -0.2) is 0 Å². The maximum Gasteiger partial charge on any atom is 0.00413 e. The fourth-order valence-electron chi connectivity index (χ4n) is 3.19. The molecular formula is C15H27N. The third-order valence-electron chi connectivity index (χ3n) is 4.28. The molecule has 2 rings (SSSR count). The van der Waals surface area contributed by atoms with Gasteiger partial charge in [0.2, 0.25) is 0 Å². The average Bonchev–Trinajstić information content (AvgIpc) is 2.93. The Bertz CT molecular complexity index is 234. The maximum absolute atomic E-state index is 6.19. The van der Waals surface area contributed by atoms with Gasteiger partial charge in [0.15, 0.2) is 0 Å². The van der Waals surface area contributed by atoms with Gasteiger partial charge in [0.1, 0.15) is 0 Å². The Balaban J connectivity index is 1.82. The molecule has 0 aromatic heterocycles. The standard InChI is InChI=1S/C15H27N/c1-12-9-14-11-13(14)7-5-3-2-4-6-8-15(16)10-12/h3,5,12-15H,2,4,6-11,16H2,1H3/b5-3-. The van der Waals surface area contributed by atoms with Crippen LogP contribution in [0.4, 0.5) is 0 Å². The molecule has 92 valence electrons. The first-order chi connectivity index (χ1) is 7.75. The minimum absolute atomic E-state index is 0.455. The van der Waals surface area contributed by atoms with E-state index in [1.54, 1.807) is 0 Å². The molecule has 0 aromatic carbocycles. The van der Waals surface area contributed by atoms with E-state index in [-0.39, 0.29) is 0 Å². The molecule has 0 spiro atoms. The van der Waals surface area contributed by atoms with E-state index in [0.717, 1.165) is 17.8 Å². The highest BCUT2D eigenvalue weighted by Crippen LogP contribution is 2.46. The summed E-state index contributed by atoms with van der Waals surface area (Å²) in [6, 6.07) is 0.455. The predicted octanol–water partition coefficient (Wildman–Crippen LogP) is 3.89. The number of nitrogens with two attached hydrogens (primary N) is 1. The minimum atomic E-state index is 0.455. The largest absolute Gasteiger partial charge is 0.328 e. The van der Waals surface area contributed by atoms with Crippen LogP contribution in [0.1, 0.15) is 58.3 Å². The molecule has 1 saturated carbocycles. The van der Waals surface area contributed by atoms with E-state index >= 15 is 0 Å². The zero-order valence-corrected chi connectivity index (χ0v) is 10.7. The third-order valence-corrected chi connectivity index (χ3v) is 4.28. The molecule has 1 nitrogen and oxygen atoms in total. The molecule has 16 heavy (non-hydrogen) atoms. The van der Waals surface area contributed by atoms with Crippen molar-refractivity contribution in [2.24, 2.45) is 23.5 Å². The van der Waals surface area contributed by atoms with Crippen LogP contribution in [0, 0.1) is 17.8 Å². The molecule has 2 aliphatic rings.